The minimum atomic E-state index is 0.157. The van der Waals surface area contributed by atoms with Gasteiger partial charge >= 0.3 is 0 Å². The zero-order valence-corrected chi connectivity index (χ0v) is 9.10. The number of hydrogen-bond donors (Lipinski definition) is 0. The molecule has 2 nitrogen and oxygen atoms in total. The first-order valence-electron chi connectivity index (χ1n) is 4.30. The Bertz CT molecular complexity index is 324. The number of nitrogens with zero attached hydrogens (tertiary/aromatic N) is 1. The zero-order chi connectivity index (χ0) is 9.90. The topological polar surface area (TPSA) is 14.2 Å². The predicted molar refractivity (Wildman–Crippen MR) is 56.2 cm³/mol. The van der Waals surface area contributed by atoms with Gasteiger partial charge in [-0.15, -0.1) is 0 Å². The lowest BCUT2D eigenvalue weighted by Crippen LogP contribution is -2.24. The highest BCUT2D eigenvalue weighted by Crippen LogP contribution is 2.11. The summed E-state index contributed by atoms with van der Waals surface area (Å²) in [5.74, 6) is 0. The van der Waals surface area contributed by atoms with Crippen LogP contribution >= 0.6 is 12.2 Å². The van der Waals surface area contributed by atoms with Crippen molar-refractivity contribution in [3.05, 3.63) is 29.0 Å². The maximum atomic E-state index is 5.51. The van der Waals surface area contributed by atoms with Crippen LogP contribution in [-0.2, 0) is 0 Å². The van der Waals surface area contributed by atoms with Crippen molar-refractivity contribution in [3.63, 3.8) is 0 Å². The molecule has 1 rings (SSSR count). The molecule has 0 amide bonds. The fourth-order valence-electron chi connectivity index (χ4n) is 0.783. The second kappa shape index (κ2) is 3.92. The van der Waals surface area contributed by atoms with Crippen molar-refractivity contribution in [2.24, 2.45) is 5.41 Å². The lowest BCUT2D eigenvalue weighted by Gasteiger charge is -2.19. The van der Waals surface area contributed by atoms with Crippen molar-refractivity contribution in [1.82, 2.24) is 4.73 Å². The van der Waals surface area contributed by atoms with Gasteiger partial charge in [-0.25, -0.2) is 0 Å². The quantitative estimate of drug-likeness (QED) is 0.677. The summed E-state index contributed by atoms with van der Waals surface area (Å²) in [4.78, 5) is 5.51. The van der Waals surface area contributed by atoms with E-state index in [0.717, 1.165) is 0 Å². The molecule has 1 aromatic rings. The van der Waals surface area contributed by atoms with E-state index >= 15 is 0 Å². The number of pyridine rings is 1. The van der Waals surface area contributed by atoms with Crippen molar-refractivity contribution >= 4 is 12.2 Å². The van der Waals surface area contributed by atoms with Gasteiger partial charge in [0.15, 0.2) is 0 Å². The van der Waals surface area contributed by atoms with Crippen molar-refractivity contribution in [1.29, 1.82) is 0 Å². The summed E-state index contributed by atoms with van der Waals surface area (Å²) < 4.78 is 2.33. The fraction of sp³-hybridized carbons (Fsp3) is 0.500. The molecular formula is C10H15NOS. The first-order valence-corrected chi connectivity index (χ1v) is 4.71. The normalized spacial score (nSPS) is 11.3. The molecule has 0 aliphatic heterocycles. The molecule has 0 atom stereocenters. The molecule has 1 aromatic heterocycles. The molecule has 3 heteroatoms. The first-order chi connectivity index (χ1) is 5.99. The standard InChI is InChI=1S/C10H15NOS/c1-10(2,3)8-12-11-7-5-4-6-9(11)13/h4-7H,8H2,1-3H3. The van der Waals surface area contributed by atoms with Gasteiger partial charge in [-0.3, -0.25) is 0 Å². The zero-order valence-electron chi connectivity index (χ0n) is 8.28. The Labute approximate surface area is 84.1 Å². The SMILES string of the molecule is CC(C)(C)COn1ccccc1=S. The predicted octanol–water partition coefficient (Wildman–Crippen LogP) is 2.69. The lowest BCUT2D eigenvalue weighted by atomic mass is 9.99. The molecule has 0 aromatic carbocycles. The van der Waals surface area contributed by atoms with Crippen LogP contribution < -0.4 is 4.84 Å². The molecule has 72 valence electrons. The first kappa shape index (κ1) is 10.3. The van der Waals surface area contributed by atoms with E-state index in [4.69, 9.17) is 17.1 Å². The van der Waals surface area contributed by atoms with Crippen LogP contribution in [0.4, 0.5) is 0 Å². The van der Waals surface area contributed by atoms with Gasteiger partial charge in [0.1, 0.15) is 11.2 Å². The average Bonchev–Trinajstić information content (AvgIpc) is 2.01. The van der Waals surface area contributed by atoms with Crippen LogP contribution in [0.5, 0.6) is 0 Å². The third-order valence-corrected chi connectivity index (χ3v) is 1.74. The Morgan fingerprint density at radius 1 is 1.38 bits per heavy atom. The molecule has 0 fully saturated rings. The summed E-state index contributed by atoms with van der Waals surface area (Å²) in [6.45, 7) is 7.03. The Kier molecular flexibility index (Phi) is 3.09. The maximum Gasteiger partial charge on any atom is 0.142 e. The van der Waals surface area contributed by atoms with Gasteiger partial charge in [-0.2, -0.15) is 4.73 Å². The number of hydrogen-bond acceptors (Lipinski definition) is 2. The van der Waals surface area contributed by atoms with Crippen molar-refractivity contribution in [3.8, 4) is 0 Å². The fourth-order valence-corrected chi connectivity index (χ4v) is 0.975. The van der Waals surface area contributed by atoms with Crippen LogP contribution in [0.15, 0.2) is 24.4 Å². The van der Waals surface area contributed by atoms with Gasteiger partial charge in [-0.05, 0) is 17.5 Å². The number of rotatable bonds is 2. The molecule has 0 spiro atoms. The van der Waals surface area contributed by atoms with Gasteiger partial charge in [-0.1, -0.05) is 39.1 Å². The molecule has 0 bridgehead atoms. The van der Waals surface area contributed by atoms with Crippen LogP contribution in [0.25, 0.3) is 0 Å². The third-order valence-electron chi connectivity index (χ3n) is 1.43. The molecule has 0 saturated carbocycles. The maximum absolute atomic E-state index is 5.51. The monoisotopic (exact) mass is 197 g/mol. The largest absolute Gasteiger partial charge is 0.412 e. The van der Waals surface area contributed by atoms with E-state index < -0.39 is 0 Å². The molecule has 0 aliphatic rings. The minimum absolute atomic E-state index is 0.157. The van der Waals surface area contributed by atoms with Gasteiger partial charge in [0, 0.05) is 6.20 Å². The van der Waals surface area contributed by atoms with E-state index in [1.807, 2.05) is 24.4 Å². The molecule has 0 unspecified atom stereocenters. The van der Waals surface area contributed by atoms with Crippen LogP contribution in [-0.4, -0.2) is 11.3 Å². The molecule has 0 radical (unpaired) electrons. The molecule has 0 saturated heterocycles. The smallest absolute Gasteiger partial charge is 0.142 e. The van der Waals surface area contributed by atoms with Crippen LogP contribution in [0.2, 0.25) is 0 Å². The third kappa shape index (κ3) is 3.59. The van der Waals surface area contributed by atoms with Crippen molar-refractivity contribution in [2.75, 3.05) is 6.61 Å². The van der Waals surface area contributed by atoms with E-state index in [0.29, 0.717) is 11.2 Å². The summed E-state index contributed by atoms with van der Waals surface area (Å²) in [6.07, 6.45) is 1.83. The summed E-state index contributed by atoms with van der Waals surface area (Å²) in [7, 11) is 0. The molecule has 13 heavy (non-hydrogen) atoms. The second-order valence-electron chi connectivity index (χ2n) is 4.20. The van der Waals surface area contributed by atoms with Crippen LogP contribution in [0.1, 0.15) is 20.8 Å². The van der Waals surface area contributed by atoms with Gasteiger partial charge in [0.25, 0.3) is 0 Å². The molecule has 0 aliphatic carbocycles. The highest BCUT2D eigenvalue weighted by atomic mass is 32.1. The Morgan fingerprint density at radius 3 is 2.62 bits per heavy atom. The second-order valence-corrected chi connectivity index (χ2v) is 4.62. The summed E-state index contributed by atoms with van der Waals surface area (Å²) in [6, 6.07) is 5.65. The summed E-state index contributed by atoms with van der Waals surface area (Å²) in [5.41, 5.74) is 0.157. The van der Waals surface area contributed by atoms with E-state index in [-0.39, 0.29) is 5.41 Å². The Balaban J connectivity index is 2.66. The average molecular weight is 197 g/mol. The van der Waals surface area contributed by atoms with E-state index in [1.165, 1.54) is 0 Å². The van der Waals surface area contributed by atoms with Gasteiger partial charge < -0.3 is 4.84 Å². The van der Waals surface area contributed by atoms with Gasteiger partial charge in [0.2, 0.25) is 0 Å². The lowest BCUT2D eigenvalue weighted by molar-refractivity contribution is 0.0519. The van der Waals surface area contributed by atoms with E-state index in [9.17, 15) is 0 Å². The van der Waals surface area contributed by atoms with Crippen LogP contribution in [0.3, 0.4) is 0 Å². The summed E-state index contributed by atoms with van der Waals surface area (Å²) >= 11 is 5.08. The van der Waals surface area contributed by atoms with Crippen molar-refractivity contribution < 1.29 is 4.84 Å². The number of aromatic nitrogens is 1. The highest BCUT2D eigenvalue weighted by molar-refractivity contribution is 7.71. The van der Waals surface area contributed by atoms with E-state index in [2.05, 4.69) is 20.8 Å². The molecular weight excluding hydrogens is 182 g/mol. The summed E-state index contributed by atoms with van der Waals surface area (Å²) in [5, 5.41) is 0. The Morgan fingerprint density at radius 2 is 2.08 bits per heavy atom. The van der Waals surface area contributed by atoms with Crippen LogP contribution in [0, 0.1) is 10.1 Å². The molecule has 1 heterocycles. The molecule has 0 N–H and O–H groups in total. The van der Waals surface area contributed by atoms with Gasteiger partial charge in [0.05, 0.1) is 0 Å². The minimum Gasteiger partial charge on any atom is -0.412 e. The Hall–Kier alpha value is -0.830. The van der Waals surface area contributed by atoms with E-state index in [1.54, 1.807) is 4.73 Å². The highest BCUT2D eigenvalue weighted by Gasteiger charge is 2.10. The van der Waals surface area contributed by atoms with Crippen molar-refractivity contribution in [2.45, 2.75) is 20.8 Å².